The lowest BCUT2D eigenvalue weighted by atomic mass is 9.90. The van der Waals surface area contributed by atoms with Gasteiger partial charge < -0.3 is 0 Å². The highest BCUT2D eigenvalue weighted by molar-refractivity contribution is 7.87. The van der Waals surface area contributed by atoms with E-state index in [-0.39, 0.29) is 0 Å². The fraction of sp³-hybridized carbons (Fsp3) is 0.750. The number of aromatic amines is 1. The molecule has 0 radical (unpaired) electrons. The normalized spacial score (nSPS) is 14.2. The monoisotopic (exact) mass is 234 g/mol. The van der Waals surface area contributed by atoms with E-state index in [1.54, 1.807) is 24.7 Å². The zero-order valence-electron chi connectivity index (χ0n) is 9.22. The van der Waals surface area contributed by atoms with E-state index in [1.807, 2.05) is 0 Å². The average Bonchev–Trinajstić information content (AvgIpc) is 2.53. The quantitative estimate of drug-likeness (QED) is 0.573. The van der Waals surface area contributed by atoms with Crippen molar-refractivity contribution in [2.75, 3.05) is 0 Å². The fourth-order valence-corrected chi connectivity index (χ4v) is 1.88. The SMILES string of the molecule is CC(C)([n+]1ccn[nH]1)C(C)(C)S(=O)(=O)O. The summed E-state index contributed by atoms with van der Waals surface area (Å²) < 4.78 is 32.0. The van der Waals surface area contributed by atoms with E-state index in [1.165, 1.54) is 20.0 Å². The van der Waals surface area contributed by atoms with Crippen LogP contribution < -0.4 is 4.68 Å². The Morgan fingerprint density at radius 3 is 2.20 bits per heavy atom. The maximum absolute atomic E-state index is 11.3. The molecule has 0 bridgehead atoms. The molecule has 0 aromatic carbocycles. The molecule has 1 rings (SSSR count). The Balaban J connectivity index is 3.29. The van der Waals surface area contributed by atoms with Crippen LogP contribution in [0.1, 0.15) is 27.7 Å². The lowest BCUT2D eigenvalue weighted by molar-refractivity contribution is -0.812. The predicted octanol–water partition coefficient (Wildman–Crippen LogP) is 0.0987. The maximum atomic E-state index is 11.3. The van der Waals surface area contributed by atoms with Gasteiger partial charge in [0, 0.05) is 5.10 Å². The van der Waals surface area contributed by atoms with Gasteiger partial charge in [0.15, 0.2) is 6.20 Å². The highest BCUT2D eigenvalue weighted by atomic mass is 32.2. The smallest absolute Gasteiger partial charge is 0.274 e. The van der Waals surface area contributed by atoms with E-state index in [0.717, 1.165) is 0 Å². The third-order valence-corrected chi connectivity index (χ3v) is 4.97. The first-order valence-corrected chi connectivity index (χ1v) is 5.93. The number of aromatic nitrogens is 3. The molecule has 1 heterocycles. The molecule has 0 amide bonds. The molecule has 0 aliphatic carbocycles. The largest absolute Gasteiger partial charge is 0.285 e. The molecule has 0 atom stereocenters. The minimum Gasteiger partial charge on any atom is -0.285 e. The molecule has 86 valence electrons. The van der Waals surface area contributed by atoms with Gasteiger partial charge >= 0.3 is 0 Å². The van der Waals surface area contributed by atoms with Crippen LogP contribution in [0.15, 0.2) is 12.4 Å². The van der Waals surface area contributed by atoms with E-state index >= 15 is 0 Å². The highest BCUT2D eigenvalue weighted by Crippen LogP contribution is 2.30. The topological polar surface area (TPSA) is 86.9 Å². The van der Waals surface area contributed by atoms with Crippen molar-refractivity contribution in [1.29, 1.82) is 0 Å². The molecule has 2 N–H and O–H groups in total. The van der Waals surface area contributed by atoms with Gasteiger partial charge in [0.2, 0.25) is 6.20 Å². The van der Waals surface area contributed by atoms with Crippen LogP contribution in [0.2, 0.25) is 0 Å². The number of nitrogens with zero attached hydrogens (tertiary/aromatic N) is 2. The Bertz CT molecular complexity index is 434. The Hall–Kier alpha value is -0.950. The first kappa shape index (κ1) is 12.1. The van der Waals surface area contributed by atoms with Gasteiger partial charge in [-0.05, 0) is 27.7 Å². The second kappa shape index (κ2) is 3.28. The molecular formula is C8H16N3O3S+. The molecule has 0 aliphatic rings. The fourth-order valence-electron chi connectivity index (χ4n) is 1.15. The summed E-state index contributed by atoms with van der Waals surface area (Å²) >= 11 is 0. The standard InChI is InChI=1S/C8H15N3O3S/c1-7(2,11-6-5-9-10-11)8(3,4)15(12,13)14/h5-6H,1-4H3,(H,12,13,14)/p+1. The molecule has 6 nitrogen and oxygen atoms in total. The molecule has 15 heavy (non-hydrogen) atoms. The van der Waals surface area contributed by atoms with E-state index < -0.39 is 20.4 Å². The third-order valence-electron chi connectivity index (χ3n) is 3.18. The highest BCUT2D eigenvalue weighted by Gasteiger charge is 2.52. The number of nitrogens with one attached hydrogen (secondary N) is 1. The predicted molar refractivity (Wildman–Crippen MR) is 53.7 cm³/mol. The van der Waals surface area contributed by atoms with Crippen LogP contribution in [-0.4, -0.2) is 28.0 Å². The van der Waals surface area contributed by atoms with Crippen molar-refractivity contribution in [2.24, 2.45) is 0 Å². The van der Waals surface area contributed by atoms with Gasteiger partial charge in [-0.25, -0.2) is 0 Å². The van der Waals surface area contributed by atoms with Gasteiger partial charge in [-0.2, -0.15) is 13.1 Å². The van der Waals surface area contributed by atoms with Gasteiger partial charge in [0.1, 0.15) is 10.3 Å². The average molecular weight is 234 g/mol. The van der Waals surface area contributed by atoms with Crippen molar-refractivity contribution in [2.45, 2.75) is 38.0 Å². The first-order chi connectivity index (χ1) is 6.61. The molecule has 0 spiro atoms. The minimum absolute atomic E-state index is 0.836. The number of H-pyrrole nitrogens is 1. The summed E-state index contributed by atoms with van der Waals surface area (Å²) in [5.74, 6) is 0. The van der Waals surface area contributed by atoms with Crippen molar-refractivity contribution >= 4 is 10.1 Å². The lowest BCUT2D eigenvalue weighted by Crippen LogP contribution is -2.66. The number of hydrogen-bond donors (Lipinski definition) is 2. The Morgan fingerprint density at radius 2 is 1.87 bits per heavy atom. The summed E-state index contributed by atoms with van der Waals surface area (Å²) in [5.41, 5.74) is -0.836. The maximum Gasteiger partial charge on any atom is 0.274 e. The Labute approximate surface area is 89.0 Å². The zero-order chi connectivity index (χ0) is 11.9. The summed E-state index contributed by atoms with van der Waals surface area (Å²) in [5, 5.41) is 6.39. The van der Waals surface area contributed by atoms with E-state index in [9.17, 15) is 13.0 Å². The minimum atomic E-state index is -4.15. The molecule has 0 saturated heterocycles. The summed E-state index contributed by atoms with van der Waals surface area (Å²) in [7, 11) is -4.15. The third kappa shape index (κ3) is 1.76. The lowest BCUT2D eigenvalue weighted by Gasteiger charge is -2.34. The van der Waals surface area contributed by atoms with Crippen LogP contribution in [0.4, 0.5) is 0 Å². The van der Waals surface area contributed by atoms with Crippen LogP contribution in [-0.2, 0) is 15.7 Å². The molecule has 1 aromatic heterocycles. The summed E-state index contributed by atoms with van der Waals surface area (Å²) in [6, 6.07) is 0. The Kier molecular flexibility index (Phi) is 2.65. The van der Waals surface area contributed by atoms with Gasteiger partial charge in [-0.3, -0.25) is 4.55 Å². The van der Waals surface area contributed by atoms with Crippen LogP contribution >= 0.6 is 0 Å². The van der Waals surface area contributed by atoms with E-state index in [4.69, 9.17) is 0 Å². The second-order valence-electron chi connectivity index (χ2n) is 4.44. The molecular weight excluding hydrogens is 218 g/mol. The first-order valence-electron chi connectivity index (χ1n) is 4.49. The van der Waals surface area contributed by atoms with Gasteiger partial charge in [-0.15, -0.1) is 0 Å². The van der Waals surface area contributed by atoms with Gasteiger partial charge in [-0.1, -0.05) is 5.21 Å². The molecule has 0 unspecified atom stereocenters. The summed E-state index contributed by atoms with van der Waals surface area (Å²) in [6.07, 6.45) is 3.13. The van der Waals surface area contributed by atoms with Crippen molar-refractivity contribution in [3.05, 3.63) is 12.4 Å². The van der Waals surface area contributed by atoms with Crippen molar-refractivity contribution < 1.29 is 17.7 Å². The zero-order valence-corrected chi connectivity index (χ0v) is 10.0. The molecule has 0 aliphatic heterocycles. The molecule has 7 heteroatoms. The van der Waals surface area contributed by atoms with Crippen LogP contribution in [0, 0.1) is 0 Å². The molecule has 0 saturated carbocycles. The van der Waals surface area contributed by atoms with E-state index in [0.29, 0.717) is 0 Å². The van der Waals surface area contributed by atoms with Crippen LogP contribution in [0.25, 0.3) is 0 Å². The molecule has 0 fully saturated rings. The summed E-state index contributed by atoms with van der Waals surface area (Å²) in [6.45, 7) is 6.35. The van der Waals surface area contributed by atoms with E-state index in [2.05, 4.69) is 10.3 Å². The number of rotatable bonds is 3. The summed E-state index contributed by atoms with van der Waals surface area (Å²) in [4.78, 5) is 0. The van der Waals surface area contributed by atoms with Crippen LogP contribution in [0.5, 0.6) is 0 Å². The second-order valence-corrected chi connectivity index (χ2v) is 6.41. The molecule has 1 aromatic rings. The van der Waals surface area contributed by atoms with Crippen molar-refractivity contribution in [3.8, 4) is 0 Å². The van der Waals surface area contributed by atoms with Gasteiger partial charge in [0.25, 0.3) is 10.1 Å². The number of hydrogen-bond acceptors (Lipinski definition) is 3. The van der Waals surface area contributed by atoms with Crippen molar-refractivity contribution in [3.63, 3.8) is 0 Å². The van der Waals surface area contributed by atoms with Crippen molar-refractivity contribution in [1.82, 2.24) is 10.3 Å². The Morgan fingerprint density at radius 1 is 1.33 bits per heavy atom. The van der Waals surface area contributed by atoms with Crippen LogP contribution in [0.3, 0.4) is 0 Å². The van der Waals surface area contributed by atoms with Gasteiger partial charge in [0.05, 0.1) is 0 Å².